The lowest BCUT2D eigenvalue weighted by Crippen LogP contribution is -2.38. The fourth-order valence-corrected chi connectivity index (χ4v) is 0.598. The van der Waals surface area contributed by atoms with E-state index >= 15 is 0 Å². The summed E-state index contributed by atoms with van der Waals surface area (Å²) in [6.07, 6.45) is -3.70. The van der Waals surface area contributed by atoms with Crippen molar-refractivity contribution in [1.82, 2.24) is 5.32 Å². The van der Waals surface area contributed by atoms with Gasteiger partial charge >= 0.3 is 6.18 Å². The summed E-state index contributed by atoms with van der Waals surface area (Å²) in [5.74, 6) is 0. The third-order valence-electron chi connectivity index (χ3n) is 1.30. The number of halogens is 3. The Morgan fingerprint density at radius 1 is 1.45 bits per heavy atom. The van der Waals surface area contributed by atoms with Crippen molar-refractivity contribution < 1.29 is 18.3 Å². The molecule has 1 unspecified atom stereocenters. The molecule has 0 spiro atoms. The van der Waals surface area contributed by atoms with E-state index in [2.05, 4.69) is 5.32 Å². The van der Waals surface area contributed by atoms with Crippen LogP contribution in [0.3, 0.4) is 0 Å². The maximum atomic E-state index is 11.5. The minimum atomic E-state index is -4.19. The molecule has 5 heteroatoms. The SMILES string of the molecule is CCC(CO)NCC(F)(F)F. The second-order valence-electron chi connectivity index (χ2n) is 2.28. The first kappa shape index (κ1) is 10.7. The van der Waals surface area contributed by atoms with Gasteiger partial charge in [0.25, 0.3) is 0 Å². The number of nitrogens with one attached hydrogen (secondary N) is 1. The molecule has 68 valence electrons. The van der Waals surface area contributed by atoms with Crippen molar-refractivity contribution in [3.05, 3.63) is 0 Å². The number of aliphatic hydroxyl groups is 1. The van der Waals surface area contributed by atoms with E-state index in [9.17, 15) is 13.2 Å². The summed E-state index contributed by atoms with van der Waals surface area (Å²) >= 11 is 0. The van der Waals surface area contributed by atoms with Gasteiger partial charge in [-0.3, -0.25) is 0 Å². The van der Waals surface area contributed by atoms with Crippen molar-refractivity contribution in [3.63, 3.8) is 0 Å². The van der Waals surface area contributed by atoms with Crippen LogP contribution in [0.25, 0.3) is 0 Å². The second kappa shape index (κ2) is 4.56. The standard InChI is InChI=1S/C6H12F3NO/c1-2-5(3-11)10-4-6(7,8)9/h5,10-11H,2-4H2,1H3. The maximum Gasteiger partial charge on any atom is 0.401 e. The Morgan fingerprint density at radius 3 is 2.27 bits per heavy atom. The lowest BCUT2D eigenvalue weighted by molar-refractivity contribution is -0.126. The van der Waals surface area contributed by atoms with Crippen LogP contribution >= 0.6 is 0 Å². The number of aliphatic hydroxyl groups excluding tert-OH is 1. The summed E-state index contributed by atoms with van der Waals surface area (Å²) < 4.78 is 34.6. The zero-order chi connectivity index (χ0) is 8.91. The van der Waals surface area contributed by atoms with Gasteiger partial charge in [0.2, 0.25) is 0 Å². The fourth-order valence-electron chi connectivity index (χ4n) is 0.598. The molecule has 0 aromatic carbocycles. The average molecular weight is 171 g/mol. The molecule has 0 aliphatic rings. The van der Waals surface area contributed by atoms with E-state index in [-0.39, 0.29) is 6.61 Å². The van der Waals surface area contributed by atoms with Crippen LogP contribution in [0.5, 0.6) is 0 Å². The van der Waals surface area contributed by atoms with Gasteiger partial charge in [-0.1, -0.05) is 6.92 Å². The number of hydrogen-bond donors (Lipinski definition) is 2. The molecule has 0 bridgehead atoms. The molecule has 0 heterocycles. The lowest BCUT2D eigenvalue weighted by Gasteiger charge is -2.14. The van der Waals surface area contributed by atoms with Gasteiger partial charge in [-0.05, 0) is 6.42 Å². The maximum absolute atomic E-state index is 11.5. The molecule has 0 saturated heterocycles. The third-order valence-corrected chi connectivity index (χ3v) is 1.30. The Balaban J connectivity index is 3.51. The van der Waals surface area contributed by atoms with E-state index < -0.39 is 18.8 Å². The van der Waals surface area contributed by atoms with E-state index in [0.717, 1.165) is 0 Å². The van der Waals surface area contributed by atoms with Crippen molar-refractivity contribution >= 4 is 0 Å². The van der Waals surface area contributed by atoms with Gasteiger partial charge in [-0.2, -0.15) is 13.2 Å². The van der Waals surface area contributed by atoms with Gasteiger partial charge in [-0.25, -0.2) is 0 Å². The van der Waals surface area contributed by atoms with Gasteiger partial charge in [0.05, 0.1) is 13.2 Å². The molecule has 0 rings (SSSR count). The van der Waals surface area contributed by atoms with E-state index in [1.807, 2.05) is 0 Å². The molecule has 1 atom stereocenters. The number of rotatable bonds is 4. The van der Waals surface area contributed by atoms with Gasteiger partial charge in [0.1, 0.15) is 0 Å². The highest BCUT2D eigenvalue weighted by molar-refractivity contribution is 4.65. The Kier molecular flexibility index (Phi) is 4.44. The summed E-state index contributed by atoms with van der Waals surface area (Å²) in [4.78, 5) is 0. The molecular weight excluding hydrogens is 159 g/mol. The van der Waals surface area contributed by atoms with Crippen LogP contribution < -0.4 is 5.32 Å². The van der Waals surface area contributed by atoms with Crippen molar-refractivity contribution in [2.24, 2.45) is 0 Å². The van der Waals surface area contributed by atoms with Crippen LogP contribution in [0.15, 0.2) is 0 Å². The number of alkyl halides is 3. The Morgan fingerprint density at radius 2 is 2.00 bits per heavy atom. The van der Waals surface area contributed by atoms with Gasteiger partial charge in [0.15, 0.2) is 0 Å². The molecular formula is C6H12F3NO. The van der Waals surface area contributed by atoms with Crippen LogP contribution in [0.2, 0.25) is 0 Å². The average Bonchev–Trinajstić information content (AvgIpc) is 1.88. The largest absolute Gasteiger partial charge is 0.401 e. The smallest absolute Gasteiger partial charge is 0.395 e. The topological polar surface area (TPSA) is 32.3 Å². The van der Waals surface area contributed by atoms with E-state index in [0.29, 0.717) is 6.42 Å². The van der Waals surface area contributed by atoms with Gasteiger partial charge < -0.3 is 10.4 Å². The van der Waals surface area contributed by atoms with Crippen molar-refractivity contribution in [2.75, 3.05) is 13.2 Å². The van der Waals surface area contributed by atoms with E-state index in [1.165, 1.54) is 0 Å². The van der Waals surface area contributed by atoms with E-state index in [4.69, 9.17) is 5.11 Å². The van der Waals surface area contributed by atoms with Crippen LogP contribution in [0.4, 0.5) is 13.2 Å². The Labute approximate surface area is 63.4 Å². The quantitative estimate of drug-likeness (QED) is 0.659. The van der Waals surface area contributed by atoms with Crippen LogP contribution in [0, 0.1) is 0 Å². The number of hydrogen-bond acceptors (Lipinski definition) is 2. The Bertz CT molecular complexity index is 100. The third kappa shape index (κ3) is 6.12. The Hall–Kier alpha value is -0.290. The molecule has 0 aromatic heterocycles. The summed E-state index contributed by atoms with van der Waals surface area (Å²) in [5.41, 5.74) is 0. The summed E-state index contributed by atoms with van der Waals surface area (Å²) in [6.45, 7) is 0.420. The molecule has 11 heavy (non-hydrogen) atoms. The summed E-state index contributed by atoms with van der Waals surface area (Å²) in [6, 6.07) is -0.448. The predicted molar refractivity (Wildman–Crippen MR) is 35.2 cm³/mol. The highest BCUT2D eigenvalue weighted by atomic mass is 19.4. The van der Waals surface area contributed by atoms with Gasteiger partial charge in [-0.15, -0.1) is 0 Å². The molecule has 0 saturated carbocycles. The summed E-state index contributed by atoms with van der Waals surface area (Å²) in [5, 5.41) is 10.7. The molecule has 0 aliphatic heterocycles. The predicted octanol–water partition coefficient (Wildman–Crippen LogP) is 0.909. The normalized spacial score (nSPS) is 15.0. The zero-order valence-corrected chi connectivity index (χ0v) is 6.28. The molecule has 2 N–H and O–H groups in total. The first-order chi connectivity index (χ1) is 4.99. The highest BCUT2D eigenvalue weighted by Crippen LogP contribution is 2.12. The van der Waals surface area contributed by atoms with E-state index in [1.54, 1.807) is 6.92 Å². The first-order valence-electron chi connectivity index (χ1n) is 3.40. The van der Waals surface area contributed by atoms with Crippen LogP contribution in [-0.4, -0.2) is 30.5 Å². The highest BCUT2D eigenvalue weighted by Gasteiger charge is 2.27. The minimum absolute atomic E-state index is 0.257. The van der Waals surface area contributed by atoms with Crippen LogP contribution in [-0.2, 0) is 0 Å². The first-order valence-corrected chi connectivity index (χ1v) is 3.40. The molecule has 0 amide bonds. The van der Waals surface area contributed by atoms with Crippen LogP contribution in [0.1, 0.15) is 13.3 Å². The molecule has 0 aromatic rings. The van der Waals surface area contributed by atoms with Crippen molar-refractivity contribution in [2.45, 2.75) is 25.6 Å². The minimum Gasteiger partial charge on any atom is -0.395 e. The van der Waals surface area contributed by atoms with Crippen molar-refractivity contribution in [3.8, 4) is 0 Å². The van der Waals surface area contributed by atoms with Crippen molar-refractivity contribution in [1.29, 1.82) is 0 Å². The monoisotopic (exact) mass is 171 g/mol. The summed E-state index contributed by atoms with van der Waals surface area (Å²) in [7, 11) is 0. The molecule has 0 aliphatic carbocycles. The molecule has 0 radical (unpaired) electrons. The lowest BCUT2D eigenvalue weighted by atomic mass is 10.2. The zero-order valence-electron chi connectivity index (χ0n) is 6.28. The second-order valence-corrected chi connectivity index (χ2v) is 2.28. The molecule has 2 nitrogen and oxygen atoms in total. The van der Waals surface area contributed by atoms with Gasteiger partial charge in [0, 0.05) is 6.04 Å². The fraction of sp³-hybridized carbons (Fsp3) is 1.00. The molecule has 0 fully saturated rings.